The normalized spacial score (nSPS) is 20.7. The summed E-state index contributed by atoms with van der Waals surface area (Å²) in [6, 6.07) is 0. The molecule has 0 saturated carbocycles. The molecule has 1 aliphatic rings. The van der Waals surface area contributed by atoms with Crippen molar-refractivity contribution in [1.82, 2.24) is 19.8 Å². The second kappa shape index (κ2) is 6.58. The van der Waals surface area contributed by atoms with Gasteiger partial charge in [-0.3, -0.25) is 4.90 Å². The van der Waals surface area contributed by atoms with Crippen molar-refractivity contribution in [3.05, 3.63) is 18.2 Å². The second-order valence-electron chi connectivity index (χ2n) is 5.27. The Balaban J connectivity index is 1.68. The zero-order chi connectivity index (χ0) is 14.6. The highest BCUT2D eigenvalue weighted by molar-refractivity contribution is 4.91. The summed E-state index contributed by atoms with van der Waals surface area (Å²) in [5, 5.41) is 3.30. The lowest BCUT2D eigenvalue weighted by Gasteiger charge is -2.18. The van der Waals surface area contributed by atoms with Gasteiger partial charge in [0.25, 0.3) is 0 Å². The van der Waals surface area contributed by atoms with Crippen molar-refractivity contribution >= 4 is 0 Å². The number of likely N-dealkylation sites (tertiary alicyclic amines) is 1. The molecule has 0 aromatic carbocycles. The molecule has 4 nitrogen and oxygen atoms in total. The van der Waals surface area contributed by atoms with E-state index in [-0.39, 0.29) is 0 Å². The van der Waals surface area contributed by atoms with Gasteiger partial charge in [0.2, 0.25) is 0 Å². The first-order valence-corrected chi connectivity index (χ1v) is 6.97. The van der Waals surface area contributed by atoms with Crippen molar-refractivity contribution in [2.45, 2.75) is 32.6 Å². The van der Waals surface area contributed by atoms with E-state index in [1.807, 2.05) is 6.20 Å². The zero-order valence-electron chi connectivity index (χ0n) is 11.7. The number of rotatable bonds is 6. The molecule has 0 spiro atoms. The van der Waals surface area contributed by atoms with Gasteiger partial charge in [0.15, 0.2) is 0 Å². The van der Waals surface area contributed by atoms with Crippen LogP contribution in [0.3, 0.4) is 0 Å². The van der Waals surface area contributed by atoms with Crippen molar-refractivity contribution in [2.75, 3.05) is 26.2 Å². The van der Waals surface area contributed by atoms with Crippen molar-refractivity contribution in [3.8, 4) is 0 Å². The molecule has 1 aromatic heterocycles. The standard InChI is InChI=1S/C13H21F3N4/c1-2-20-6-4-18-12(20)8-17-7-11-3-5-19(9-11)10-13(14,15)16/h4,6,11,17H,2-3,5,7-10H2,1H3. The summed E-state index contributed by atoms with van der Waals surface area (Å²) in [6.07, 6.45) is 0.429. The summed E-state index contributed by atoms with van der Waals surface area (Å²) in [5.74, 6) is 1.26. The molecular formula is C13H21F3N4. The first-order chi connectivity index (χ1) is 9.48. The number of nitrogens with one attached hydrogen (secondary N) is 1. The average molecular weight is 290 g/mol. The molecule has 0 bridgehead atoms. The van der Waals surface area contributed by atoms with Gasteiger partial charge in [-0.15, -0.1) is 0 Å². The van der Waals surface area contributed by atoms with E-state index in [2.05, 4.69) is 21.8 Å². The number of hydrogen-bond acceptors (Lipinski definition) is 3. The van der Waals surface area contributed by atoms with Gasteiger partial charge in [-0.25, -0.2) is 4.98 Å². The molecule has 1 saturated heterocycles. The molecule has 0 radical (unpaired) electrons. The Kier molecular flexibility index (Phi) is 5.04. The molecule has 20 heavy (non-hydrogen) atoms. The van der Waals surface area contributed by atoms with Crippen LogP contribution in [0, 0.1) is 5.92 Å². The number of aromatic nitrogens is 2. The second-order valence-corrected chi connectivity index (χ2v) is 5.27. The molecular weight excluding hydrogens is 269 g/mol. The van der Waals surface area contributed by atoms with Crippen LogP contribution in [-0.2, 0) is 13.1 Å². The Hall–Kier alpha value is -1.08. The maximum atomic E-state index is 12.3. The maximum absolute atomic E-state index is 12.3. The summed E-state index contributed by atoms with van der Waals surface area (Å²) >= 11 is 0. The average Bonchev–Trinajstić information content (AvgIpc) is 2.96. The lowest BCUT2D eigenvalue weighted by atomic mass is 10.1. The third-order valence-electron chi connectivity index (χ3n) is 3.63. The maximum Gasteiger partial charge on any atom is 0.401 e. The molecule has 1 aromatic rings. The van der Waals surface area contributed by atoms with E-state index in [1.165, 1.54) is 4.90 Å². The Morgan fingerprint density at radius 2 is 2.25 bits per heavy atom. The van der Waals surface area contributed by atoms with Gasteiger partial charge in [-0.1, -0.05) is 0 Å². The molecule has 114 valence electrons. The number of hydrogen-bond donors (Lipinski definition) is 1. The number of aryl methyl sites for hydroxylation is 1. The topological polar surface area (TPSA) is 33.1 Å². The summed E-state index contributed by atoms with van der Waals surface area (Å²) in [7, 11) is 0. The smallest absolute Gasteiger partial charge is 0.334 e. The van der Waals surface area contributed by atoms with Gasteiger partial charge in [-0.05, 0) is 32.4 Å². The zero-order valence-corrected chi connectivity index (χ0v) is 11.7. The minimum atomic E-state index is -4.09. The highest BCUT2D eigenvalue weighted by atomic mass is 19.4. The van der Waals surface area contributed by atoms with E-state index < -0.39 is 12.7 Å². The fourth-order valence-corrected chi connectivity index (χ4v) is 2.66. The minimum absolute atomic E-state index is 0.294. The molecule has 2 heterocycles. The van der Waals surface area contributed by atoms with E-state index in [0.717, 1.165) is 25.3 Å². The predicted molar refractivity (Wildman–Crippen MR) is 70.2 cm³/mol. The highest BCUT2D eigenvalue weighted by Crippen LogP contribution is 2.22. The van der Waals surface area contributed by atoms with Crippen LogP contribution in [0.1, 0.15) is 19.2 Å². The van der Waals surface area contributed by atoms with Crippen LogP contribution >= 0.6 is 0 Å². The Morgan fingerprint density at radius 3 is 2.95 bits per heavy atom. The Labute approximate surface area is 117 Å². The van der Waals surface area contributed by atoms with Crippen LogP contribution < -0.4 is 5.32 Å². The Bertz CT molecular complexity index is 416. The highest BCUT2D eigenvalue weighted by Gasteiger charge is 2.34. The van der Waals surface area contributed by atoms with Crippen molar-refractivity contribution in [1.29, 1.82) is 0 Å². The van der Waals surface area contributed by atoms with Gasteiger partial charge >= 0.3 is 6.18 Å². The molecule has 7 heteroatoms. The van der Waals surface area contributed by atoms with Crippen LogP contribution in [0.25, 0.3) is 0 Å². The van der Waals surface area contributed by atoms with Crippen LogP contribution in [0.2, 0.25) is 0 Å². The van der Waals surface area contributed by atoms with Gasteiger partial charge in [0.05, 0.1) is 13.1 Å². The van der Waals surface area contributed by atoms with Crippen LogP contribution in [-0.4, -0.2) is 46.8 Å². The number of alkyl halides is 3. The van der Waals surface area contributed by atoms with Gasteiger partial charge in [0, 0.05) is 25.5 Å². The van der Waals surface area contributed by atoms with Crippen molar-refractivity contribution < 1.29 is 13.2 Å². The first-order valence-electron chi connectivity index (χ1n) is 6.97. The number of imidazole rings is 1. The van der Waals surface area contributed by atoms with E-state index >= 15 is 0 Å². The molecule has 1 atom stereocenters. The third-order valence-corrected chi connectivity index (χ3v) is 3.63. The largest absolute Gasteiger partial charge is 0.401 e. The molecule has 0 aliphatic carbocycles. The molecule has 1 unspecified atom stereocenters. The van der Waals surface area contributed by atoms with Gasteiger partial charge < -0.3 is 9.88 Å². The lowest BCUT2D eigenvalue weighted by Crippen LogP contribution is -2.33. The molecule has 0 amide bonds. The Morgan fingerprint density at radius 1 is 1.45 bits per heavy atom. The van der Waals surface area contributed by atoms with Crippen molar-refractivity contribution in [2.24, 2.45) is 5.92 Å². The van der Waals surface area contributed by atoms with Gasteiger partial charge in [-0.2, -0.15) is 13.2 Å². The summed E-state index contributed by atoms with van der Waals surface area (Å²) in [5.41, 5.74) is 0. The first kappa shape index (κ1) is 15.3. The quantitative estimate of drug-likeness (QED) is 0.868. The summed E-state index contributed by atoms with van der Waals surface area (Å²) < 4.78 is 38.9. The molecule has 1 aliphatic heterocycles. The molecule has 2 rings (SSSR count). The monoisotopic (exact) mass is 290 g/mol. The van der Waals surface area contributed by atoms with Crippen LogP contribution in [0.15, 0.2) is 12.4 Å². The third kappa shape index (κ3) is 4.49. The van der Waals surface area contributed by atoms with Crippen LogP contribution in [0.5, 0.6) is 0 Å². The number of halogens is 3. The fraction of sp³-hybridized carbons (Fsp3) is 0.769. The summed E-state index contributed by atoms with van der Waals surface area (Å²) in [4.78, 5) is 5.74. The van der Waals surface area contributed by atoms with Crippen molar-refractivity contribution in [3.63, 3.8) is 0 Å². The van der Waals surface area contributed by atoms with E-state index in [0.29, 0.717) is 25.6 Å². The van der Waals surface area contributed by atoms with Gasteiger partial charge in [0.1, 0.15) is 5.82 Å². The van der Waals surface area contributed by atoms with E-state index in [9.17, 15) is 13.2 Å². The number of nitrogens with zero attached hydrogens (tertiary/aromatic N) is 3. The van der Waals surface area contributed by atoms with E-state index in [4.69, 9.17) is 0 Å². The fourth-order valence-electron chi connectivity index (χ4n) is 2.66. The molecule has 1 fully saturated rings. The SMILES string of the molecule is CCn1ccnc1CNCC1CCN(CC(F)(F)F)C1. The predicted octanol–water partition coefficient (Wildman–Crippen LogP) is 1.88. The summed E-state index contributed by atoms with van der Waals surface area (Å²) in [6.45, 7) is 4.60. The minimum Gasteiger partial charge on any atom is -0.334 e. The van der Waals surface area contributed by atoms with Crippen LogP contribution in [0.4, 0.5) is 13.2 Å². The molecule has 1 N–H and O–H groups in total. The lowest BCUT2D eigenvalue weighted by molar-refractivity contribution is -0.143. The van der Waals surface area contributed by atoms with E-state index in [1.54, 1.807) is 6.20 Å².